The molecule has 0 unspecified atom stereocenters. The summed E-state index contributed by atoms with van der Waals surface area (Å²) in [6.07, 6.45) is 0.388. The summed E-state index contributed by atoms with van der Waals surface area (Å²) in [5.41, 5.74) is 5.42. The fraction of sp³-hybridized carbons (Fsp3) is 0.300. The van der Waals surface area contributed by atoms with Crippen LogP contribution >= 0.6 is 0 Å². The molecule has 1 aromatic rings. The third-order valence-corrected chi connectivity index (χ3v) is 3.73. The number of nitrogen functional groups attached to an aromatic ring is 1. The van der Waals surface area contributed by atoms with Crippen LogP contribution in [0.2, 0.25) is 0 Å². The van der Waals surface area contributed by atoms with E-state index in [4.69, 9.17) is 11.0 Å². The number of hydrogen-bond acceptors (Lipinski definition) is 4. The lowest BCUT2D eigenvalue weighted by atomic mass is 10.3. The number of sulfone groups is 1. The molecule has 0 amide bonds. The molecule has 0 saturated carbocycles. The van der Waals surface area contributed by atoms with Crippen LogP contribution in [0.4, 0.5) is 10.1 Å². The van der Waals surface area contributed by atoms with Crippen LogP contribution in [0.15, 0.2) is 23.1 Å². The summed E-state index contributed by atoms with van der Waals surface area (Å²) < 4.78 is 36.3. The van der Waals surface area contributed by atoms with E-state index in [1.54, 1.807) is 0 Å². The Morgan fingerprint density at radius 2 is 2.06 bits per heavy atom. The molecule has 1 rings (SSSR count). The van der Waals surface area contributed by atoms with Crippen LogP contribution in [-0.4, -0.2) is 14.2 Å². The average molecular weight is 242 g/mol. The largest absolute Gasteiger partial charge is 0.399 e. The lowest BCUT2D eigenvalue weighted by molar-refractivity contribution is 0.589. The zero-order valence-electron chi connectivity index (χ0n) is 8.48. The van der Waals surface area contributed by atoms with Gasteiger partial charge in [0, 0.05) is 12.1 Å². The van der Waals surface area contributed by atoms with Gasteiger partial charge in [0.15, 0.2) is 9.84 Å². The van der Waals surface area contributed by atoms with E-state index in [-0.39, 0.29) is 29.2 Å². The Morgan fingerprint density at radius 3 is 2.62 bits per heavy atom. The summed E-state index contributed by atoms with van der Waals surface area (Å²) in [5.74, 6) is -0.859. The lowest BCUT2D eigenvalue weighted by Gasteiger charge is -2.04. The summed E-state index contributed by atoms with van der Waals surface area (Å²) in [4.78, 5) is -0.136. The van der Waals surface area contributed by atoms with Crippen LogP contribution in [0.3, 0.4) is 0 Å². The van der Waals surface area contributed by atoms with Crippen molar-refractivity contribution in [2.24, 2.45) is 0 Å². The molecule has 6 heteroatoms. The van der Waals surface area contributed by atoms with Crippen molar-refractivity contribution in [3.05, 3.63) is 24.0 Å². The molecule has 0 aliphatic rings. The molecule has 0 fully saturated rings. The highest BCUT2D eigenvalue weighted by Crippen LogP contribution is 2.18. The van der Waals surface area contributed by atoms with Gasteiger partial charge < -0.3 is 5.73 Å². The van der Waals surface area contributed by atoms with Crippen LogP contribution in [0, 0.1) is 17.1 Å². The molecule has 0 aliphatic heterocycles. The molecule has 0 aliphatic carbocycles. The number of anilines is 1. The van der Waals surface area contributed by atoms with Crippen LogP contribution in [0.25, 0.3) is 0 Å². The second kappa shape index (κ2) is 4.94. The van der Waals surface area contributed by atoms with E-state index in [9.17, 15) is 12.8 Å². The van der Waals surface area contributed by atoms with Crippen molar-refractivity contribution in [3.8, 4) is 6.07 Å². The molecule has 0 bridgehead atoms. The van der Waals surface area contributed by atoms with E-state index in [0.717, 1.165) is 12.1 Å². The first-order chi connectivity index (χ1) is 7.45. The maximum Gasteiger partial charge on any atom is 0.178 e. The molecule has 0 saturated heterocycles. The first-order valence-corrected chi connectivity index (χ1v) is 6.27. The maximum absolute atomic E-state index is 12.9. The van der Waals surface area contributed by atoms with Gasteiger partial charge in [-0.05, 0) is 24.6 Å². The first-order valence-electron chi connectivity index (χ1n) is 4.61. The number of nitrogens with zero attached hydrogens (tertiary/aromatic N) is 1. The van der Waals surface area contributed by atoms with E-state index in [2.05, 4.69) is 0 Å². The summed E-state index contributed by atoms with van der Waals surface area (Å²) >= 11 is 0. The van der Waals surface area contributed by atoms with Crippen molar-refractivity contribution in [2.75, 3.05) is 11.5 Å². The predicted molar refractivity (Wildman–Crippen MR) is 57.7 cm³/mol. The summed E-state index contributed by atoms with van der Waals surface area (Å²) in [6.45, 7) is 0. The Hall–Kier alpha value is -1.61. The average Bonchev–Trinajstić information content (AvgIpc) is 2.16. The molecule has 0 aromatic heterocycles. The number of rotatable bonds is 4. The van der Waals surface area contributed by atoms with Crippen molar-refractivity contribution >= 4 is 15.5 Å². The highest BCUT2D eigenvalue weighted by molar-refractivity contribution is 7.91. The number of nitriles is 1. The van der Waals surface area contributed by atoms with E-state index in [1.807, 2.05) is 6.07 Å². The minimum atomic E-state index is -3.55. The summed E-state index contributed by atoms with van der Waals surface area (Å²) in [6, 6.07) is 5.04. The Kier molecular flexibility index (Phi) is 3.85. The molecule has 2 N–H and O–H groups in total. The number of nitrogens with two attached hydrogens (primary N) is 1. The number of halogens is 1. The highest BCUT2D eigenvalue weighted by atomic mass is 32.2. The highest BCUT2D eigenvalue weighted by Gasteiger charge is 2.15. The van der Waals surface area contributed by atoms with Gasteiger partial charge in [-0.1, -0.05) is 0 Å². The van der Waals surface area contributed by atoms with Crippen molar-refractivity contribution in [1.29, 1.82) is 5.26 Å². The molecular formula is C10H11FN2O2S. The SMILES string of the molecule is N#CCCCS(=O)(=O)c1cc(N)cc(F)c1. The second-order valence-electron chi connectivity index (χ2n) is 3.30. The van der Waals surface area contributed by atoms with Gasteiger partial charge in [0.2, 0.25) is 0 Å². The number of benzene rings is 1. The van der Waals surface area contributed by atoms with Crippen LogP contribution in [0.1, 0.15) is 12.8 Å². The standard InChI is InChI=1S/C10H11FN2O2S/c11-8-5-9(13)7-10(6-8)16(14,15)4-2-1-3-12/h5-7H,1-2,4,13H2. The van der Waals surface area contributed by atoms with Gasteiger partial charge in [0.25, 0.3) is 0 Å². The number of unbranched alkanes of at least 4 members (excludes halogenated alkanes) is 1. The van der Waals surface area contributed by atoms with Crippen LogP contribution in [0.5, 0.6) is 0 Å². The predicted octanol–water partition coefficient (Wildman–Crippen LogP) is 1.49. The van der Waals surface area contributed by atoms with Gasteiger partial charge in [-0.2, -0.15) is 5.26 Å². The smallest absolute Gasteiger partial charge is 0.178 e. The molecule has 16 heavy (non-hydrogen) atoms. The third-order valence-electron chi connectivity index (χ3n) is 1.95. The molecule has 0 heterocycles. The third kappa shape index (κ3) is 3.21. The normalized spacial score (nSPS) is 11.0. The van der Waals surface area contributed by atoms with Gasteiger partial charge in [0.05, 0.1) is 16.7 Å². The topological polar surface area (TPSA) is 84.0 Å². The monoisotopic (exact) mass is 242 g/mol. The molecule has 0 spiro atoms. The van der Waals surface area contributed by atoms with Crippen molar-refractivity contribution in [2.45, 2.75) is 17.7 Å². The Bertz CT molecular complexity index is 500. The van der Waals surface area contributed by atoms with Crippen molar-refractivity contribution < 1.29 is 12.8 Å². The summed E-state index contributed by atoms with van der Waals surface area (Å²) in [7, 11) is -3.55. The maximum atomic E-state index is 12.9. The Balaban J connectivity index is 2.95. The minimum Gasteiger partial charge on any atom is -0.399 e. The molecule has 86 valence electrons. The fourth-order valence-electron chi connectivity index (χ4n) is 1.22. The van der Waals surface area contributed by atoms with Crippen LogP contribution in [-0.2, 0) is 9.84 Å². The Labute approximate surface area is 93.4 Å². The number of hydrogen-bond donors (Lipinski definition) is 1. The molecule has 0 radical (unpaired) electrons. The second-order valence-corrected chi connectivity index (χ2v) is 5.41. The van der Waals surface area contributed by atoms with E-state index in [1.165, 1.54) is 6.07 Å². The fourth-order valence-corrected chi connectivity index (χ4v) is 2.59. The first kappa shape index (κ1) is 12.5. The quantitative estimate of drug-likeness (QED) is 0.640. The Morgan fingerprint density at radius 1 is 1.38 bits per heavy atom. The zero-order valence-corrected chi connectivity index (χ0v) is 9.30. The summed E-state index contributed by atoms with van der Waals surface area (Å²) in [5, 5.41) is 8.30. The van der Waals surface area contributed by atoms with E-state index in [0.29, 0.717) is 0 Å². The zero-order chi connectivity index (χ0) is 12.2. The molecule has 0 atom stereocenters. The van der Waals surface area contributed by atoms with E-state index >= 15 is 0 Å². The van der Waals surface area contributed by atoms with Gasteiger partial charge in [0.1, 0.15) is 5.82 Å². The van der Waals surface area contributed by atoms with Crippen molar-refractivity contribution in [3.63, 3.8) is 0 Å². The lowest BCUT2D eigenvalue weighted by Crippen LogP contribution is -2.07. The van der Waals surface area contributed by atoms with E-state index < -0.39 is 15.7 Å². The van der Waals surface area contributed by atoms with Gasteiger partial charge in [-0.3, -0.25) is 0 Å². The van der Waals surface area contributed by atoms with Gasteiger partial charge in [-0.15, -0.1) is 0 Å². The van der Waals surface area contributed by atoms with Gasteiger partial charge >= 0.3 is 0 Å². The van der Waals surface area contributed by atoms with Crippen molar-refractivity contribution in [1.82, 2.24) is 0 Å². The minimum absolute atomic E-state index is 0.0684. The molecule has 4 nitrogen and oxygen atoms in total. The van der Waals surface area contributed by atoms with Gasteiger partial charge in [-0.25, -0.2) is 12.8 Å². The molecule has 1 aromatic carbocycles. The molecular weight excluding hydrogens is 231 g/mol. The van der Waals surface area contributed by atoms with Crippen LogP contribution < -0.4 is 5.73 Å².